The van der Waals surface area contributed by atoms with E-state index < -0.39 is 23.6 Å². The van der Waals surface area contributed by atoms with E-state index in [2.05, 4.69) is 16.3 Å². The van der Waals surface area contributed by atoms with Crippen molar-refractivity contribution in [2.75, 3.05) is 50.8 Å². The number of amides is 1. The van der Waals surface area contributed by atoms with E-state index in [1.54, 1.807) is 12.3 Å². The molecule has 4 aromatic rings. The number of aromatic nitrogens is 3. The van der Waals surface area contributed by atoms with Gasteiger partial charge in [-0.05, 0) is 61.9 Å². The van der Waals surface area contributed by atoms with Crippen molar-refractivity contribution in [2.24, 2.45) is 0 Å². The molecule has 3 saturated heterocycles. The molecule has 3 aliphatic heterocycles. The molecule has 12 heteroatoms. The average molecular weight is 644 g/mol. The maximum absolute atomic E-state index is 14.6. The normalized spacial score (nSPS) is 19.4. The number of nitrogens with zero attached hydrogens (tertiary/aromatic N) is 7. The minimum absolute atomic E-state index is 0.00374. The van der Waals surface area contributed by atoms with Crippen LogP contribution in [-0.4, -0.2) is 88.1 Å². The topological polar surface area (TPSA) is 79.1 Å². The second-order valence-electron chi connectivity index (χ2n) is 12.2. The highest BCUT2D eigenvalue weighted by Gasteiger charge is 2.45. The van der Waals surface area contributed by atoms with Crippen molar-refractivity contribution in [1.82, 2.24) is 24.8 Å². The Hall–Kier alpha value is -4.40. The van der Waals surface area contributed by atoms with Crippen LogP contribution in [0.15, 0.2) is 55.0 Å². The number of pyridine rings is 1. The molecule has 9 nitrogen and oxygen atoms in total. The second kappa shape index (κ2) is 12.1. The predicted octanol–water partition coefficient (Wildman–Crippen LogP) is 6.06. The highest BCUT2D eigenvalue weighted by Crippen LogP contribution is 2.40. The zero-order valence-electron chi connectivity index (χ0n) is 25.2. The first-order chi connectivity index (χ1) is 22.3. The van der Waals surface area contributed by atoms with Gasteiger partial charge in [0.15, 0.2) is 11.6 Å². The number of hydrogen-bond donors (Lipinski definition) is 0. The molecule has 2 aromatic carbocycles. The molecule has 1 atom stereocenters. The first kappa shape index (κ1) is 30.3. The Bertz CT molecular complexity index is 1900. The van der Waals surface area contributed by atoms with Gasteiger partial charge in [-0.2, -0.15) is 9.97 Å². The third-order valence-electron chi connectivity index (χ3n) is 9.60. The summed E-state index contributed by atoms with van der Waals surface area (Å²) in [6.07, 6.45) is 6.07. The van der Waals surface area contributed by atoms with Crippen LogP contribution >= 0.6 is 11.6 Å². The largest absolute Gasteiger partial charge is 0.461 e. The summed E-state index contributed by atoms with van der Waals surface area (Å²) in [7, 11) is 0. The number of hydrogen-bond acceptors (Lipinski definition) is 7. The summed E-state index contributed by atoms with van der Waals surface area (Å²) in [5.41, 5.74) is 2.41. The number of ether oxygens (including phenoxy) is 1. The van der Waals surface area contributed by atoms with Gasteiger partial charge >= 0.3 is 6.01 Å². The summed E-state index contributed by atoms with van der Waals surface area (Å²) < 4.78 is 34.8. The molecule has 46 heavy (non-hydrogen) atoms. The number of carbonyl (C=O) groups excluding carboxylic acids is 1. The Labute approximate surface area is 270 Å². The molecule has 3 fully saturated rings. The molecule has 0 radical (unpaired) electrons. The minimum atomic E-state index is -1.05. The molecule has 0 bridgehead atoms. The molecular formula is C34H32ClF2N7O2. The lowest BCUT2D eigenvalue weighted by Crippen LogP contribution is -2.56. The van der Waals surface area contributed by atoms with Crippen LogP contribution in [-0.2, 0) is 4.79 Å². The maximum Gasteiger partial charge on any atom is 0.319 e. The van der Waals surface area contributed by atoms with Gasteiger partial charge in [0.25, 0.3) is 5.91 Å². The molecule has 5 heterocycles. The molecule has 2 aromatic heterocycles. The highest BCUT2D eigenvalue weighted by atomic mass is 35.5. The van der Waals surface area contributed by atoms with Crippen molar-refractivity contribution in [3.63, 3.8) is 0 Å². The minimum Gasteiger partial charge on any atom is -0.461 e. The van der Waals surface area contributed by atoms with Crippen LogP contribution in [0.2, 0.25) is 5.02 Å². The van der Waals surface area contributed by atoms with Crippen molar-refractivity contribution < 1.29 is 18.3 Å². The van der Waals surface area contributed by atoms with Crippen LogP contribution in [0.4, 0.5) is 14.6 Å². The Morgan fingerprint density at radius 3 is 2.72 bits per heavy atom. The van der Waals surface area contributed by atoms with Crippen molar-refractivity contribution in [3.8, 4) is 17.1 Å². The molecule has 236 valence electrons. The van der Waals surface area contributed by atoms with Gasteiger partial charge in [0, 0.05) is 36.8 Å². The fourth-order valence-electron chi connectivity index (χ4n) is 7.36. The summed E-state index contributed by atoms with van der Waals surface area (Å²) in [5.74, 6) is -1.87. The molecule has 7 rings (SSSR count). The van der Waals surface area contributed by atoms with Gasteiger partial charge < -0.3 is 19.4 Å². The lowest BCUT2D eigenvalue weighted by Gasteiger charge is -2.39. The number of fused-ring (bicyclic) bond motifs is 3. The summed E-state index contributed by atoms with van der Waals surface area (Å²) in [4.78, 5) is 36.3. The van der Waals surface area contributed by atoms with Crippen molar-refractivity contribution >= 4 is 45.1 Å². The van der Waals surface area contributed by atoms with Gasteiger partial charge in [0.2, 0.25) is 6.54 Å². The van der Waals surface area contributed by atoms with Gasteiger partial charge in [-0.15, -0.1) is 0 Å². The number of rotatable bonds is 7. The van der Waals surface area contributed by atoms with E-state index in [0.717, 1.165) is 44.2 Å². The molecular weight excluding hydrogens is 612 g/mol. The van der Waals surface area contributed by atoms with Crippen molar-refractivity contribution in [3.05, 3.63) is 77.3 Å². The Kier molecular flexibility index (Phi) is 7.95. The highest BCUT2D eigenvalue weighted by molar-refractivity contribution is 6.36. The SMILES string of the molecule is [C-]#[N+]C[C@H]1CN(c2nc(OCC34CCCN3CCC4)nc3cc(-c4cccc5ccc(F)c(Cl)c45)cnc23)CCN1C(=O)C(=C)F. The quantitative estimate of drug-likeness (QED) is 0.179. The summed E-state index contributed by atoms with van der Waals surface area (Å²) in [6, 6.07) is 10.2. The summed E-state index contributed by atoms with van der Waals surface area (Å²) in [6.45, 7) is 14.0. The Morgan fingerprint density at radius 2 is 1.96 bits per heavy atom. The van der Waals surface area contributed by atoms with Crippen LogP contribution in [0.5, 0.6) is 6.01 Å². The lowest BCUT2D eigenvalue weighted by molar-refractivity contribution is -0.131. The van der Waals surface area contributed by atoms with Gasteiger partial charge in [0.05, 0.1) is 16.1 Å². The van der Waals surface area contributed by atoms with Gasteiger partial charge in [-0.25, -0.2) is 15.4 Å². The fourth-order valence-corrected chi connectivity index (χ4v) is 7.63. The van der Waals surface area contributed by atoms with Gasteiger partial charge in [0.1, 0.15) is 24.0 Å². The van der Waals surface area contributed by atoms with Crippen LogP contribution in [0.1, 0.15) is 25.7 Å². The van der Waals surface area contributed by atoms with E-state index in [4.69, 9.17) is 37.9 Å². The van der Waals surface area contributed by atoms with E-state index in [1.807, 2.05) is 29.2 Å². The van der Waals surface area contributed by atoms with Crippen LogP contribution in [0.3, 0.4) is 0 Å². The fraction of sp³-hybridized carbons (Fsp3) is 0.382. The first-order valence-electron chi connectivity index (χ1n) is 15.4. The van der Waals surface area contributed by atoms with Crippen LogP contribution < -0.4 is 9.64 Å². The van der Waals surface area contributed by atoms with E-state index >= 15 is 0 Å². The number of benzene rings is 2. The molecule has 3 aliphatic rings. The number of anilines is 1. The lowest BCUT2D eigenvalue weighted by atomic mass is 9.95. The zero-order chi connectivity index (χ0) is 32.0. The number of carbonyl (C=O) groups is 1. The van der Waals surface area contributed by atoms with Gasteiger partial charge in [-0.1, -0.05) is 42.4 Å². The third-order valence-corrected chi connectivity index (χ3v) is 9.97. The predicted molar refractivity (Wildman–Crippen MR) is 173 cm³/mol. The number of halogens is 3. The Balaban J connectivity index is 1.30. The van der Waals surface area contributed by atoms with E-state index in [0.29, 0.717) is 46.5 Å². The molecule has 0 saturated carbocycles. The van der Waals surface area contributed by atoms with Gasteiger partial charge in [-0.3, -0.25) is 14.7 Å². The molecule has 0 unspecified atom stereocenters. The second-order valence-corrected chi connectivity index (χ2v) is 12.6. The van der Waals surface area contributed by atoms with E-state index in [1.165, 1.54) is 11.0 Å². The monoisotopic (exact) mass is 643 g/mol. The standard InChI is InChI=1S/C34H32ClF2N7O2/c1-21(36)32(45)44-15-14-42(19-24(44)18-38-2)31-30-27(40-33(41-31)46-20-34-10-4-12-43(34)13-5-11-34)16-23(17-39-30)25-7-3-6-22-8-9-26(37)29(35)28(22)25/h3,6-9,16-17,24H,1,4-5,10-15,18-20H2/t24-/m0/s1. The zero-order valence-corrected chi connectivity index (χ0v) is 25.9. The molecule has 0 aliphatic carbocycles. The molecule has 0 spiro atoms. The van der Waals surface area contributed by atoms with Crippen molar-refractivity contribution in [1.29, 1.82) is 0 Å². The summed E-state index contributed by atoms with van der Waals surface area (Å²) in [5, 5.41) is 1.41. The molecule has 0 N–H and O–H groups in total. The first-order valence-corrected chi connectivity index (χ1v) is 15.8. The molecule has 1 amide bonds. The smallest absolute Gasteiger partial charge is 0.319 e. The average Bonchev–Trinajstić information content (AvgIpc) is 3.65. The number of piperazine rings is 1. The summed E-state index contributed by atoms with van der Waals surface area (Å²) >= 11 is 6.46. The van der Waals surface area contributed by atoms with Crippen LogP contribution in [0, 0.1) is 12.4 Å². The maximum atomic E-state index is 14.6. The third kappa shape index (κ3) is 5.29. The van der Waals surface area contributed by atoms with E-state index in [9.17, 15) is 13.6 Å². The van der Waals surface area contributed by atoms with E-state index in [-0.39, 0.29) is 36.2 Å². The van der Waals surface area contributed by atoms with Crippen molar-refractivity contribution in [2.45, 2.75) is 37.3 Å². The van der Waals surface area contributed by atoms with Crippen LogP contribution in [0.25, 0.3) is 37.8 Å². The Morgan fingerprint density at radius 1 is 1.15 bits per heavy atom.